The van der Waals surface area contributed by atoms with Crippen LogP contribution in [0, 0.1) is 0 Å². The molecule has 0 amide bonds. The van der Waals surface area contributed by atoms with Gasteiger partial charge >= 0.3 is 5.97 Å². The lowest BCUT2D eigenvalue weighted by molar-refractivity contribution is -0.140. The van der Waals surface area contributed by atoms with Gasteiger partial charge in [-0.15, -0.1) is 0 Å². The Morgan fingerprint density at radius 1 is 1.08 bits per heavy atom. The van der Waals surface area contributed by atoms with Gasteiger partial charge in [-0.1, -0.05) is 30.3 Å². The van der Waals surface area contributed by atoms with E-state index in [-0.39, 0.29) is 5.97 Å². The molecule has 0 heterocycles. The quantitative estimate of drug-likeness (QED) is 0.333. The summed E-state index contributed by atoms with van der Waals surface area (Å²) in [5, 5.41) is 8.63. The van der Waals surface area contributed by atoms with E-state index in [4.69, 9.17) is 4.74 Å². The molecule has 0 bridgehead atoms. The van der Waals surface area contributed by atoms with Crippen LogP contribution in [0.15, 0.2) is 47.5 Å². The van der Waals surface area contributed by atoms with Crippen LogP contribution in [0.1, 0.15) is 12.8 Å². The Bertz CT molecular complexity index is 716. The first-order valence-corrected chi connectivity index (χ1v) is 8.36. The summed E-state index contributed by atoms with van der Waals surface area (Å²) < 4.78 is 10.4. The number of esters is 1. The van der Waals surface area contributed by atoms with Gasteiger partial charge in [-0.3, -0.25) is 9.79 Å². The number of hydrogen-bond acceptors (Lipinski definition) is 4. The Labute approximate surface area is 148 Å². The highest BCUT2D eigenvalue weighted by Gasteiger charge is 2.02. The van der Waals surface area contributed by atoms with E-state index in [2.05, 4.69) is 44.6 Å². The summed E-state index contributed by atoms with van der Waals surface area (Å²) in [6.45, 7) is 1.83. The Kier molecular flexibility index (Phi) is 7.56. The maximum absolute atomic E-state index is 11.1. The number of nitrogens with one attached hydrogen (secondary N) is 2. The molecule has 0 aromatic heterocycles. The lowest BCUT2D eigenvalue weighted by Crippen LogP contribution is -2.39. The second-order valence-corrected chi connectivity index (χ2v) is 5.46. The number of carbonyl (C=O) groups excluding carboxylic acids is 1. The predicted molar refractivity (Wildman–Crippen MR) is 100 cm³/mol. The summed E-state index contributed by atoms with van der Waals surface area (Å²) >= 11 is 0. The van der Waals surface area contributed by atoms with Gasteiger partial charge in [0, 0.05) is 20.1 Å². The van der Waals surface area contributed by atoms with E-state index >= 15 is 0 Å². The van der Waals surface area contributed by atoms with Crippen molar-refractivity contribution in [2.24, 2.45) is 4.99 Å². The third kappa shape index (κ3) is 6.33. The van der Waals surface area contributed by atoms with Gasteiger partial charge in [0.15, 0.2) is 5.96 Å². The third-order valence-corrected chi connectivity index (χ3v) is 3.68. The first kappa shape index (κ1) is 18.6. The summed E-state index contributed by atoms with van der Waals surface area (Å²) in [5.74, 6) is 1.29. The second-order valence-electron chi connectivity index (χ2n) is 5.46. The molecule has 0 aliphatic rings. The minimum absolute atomic E-state index is 0.244. The van der Waals surface area contributed by atoms with Crippen molar-refractivity contribution in [3.63, 3.8) is 0 Å². The van der Waals surface area contributed by atoms with E-state index < -0.39 is 0 Å². The Morgan fingerprint density at radius 3 is 2.60 bits per heavy atom. The average molecular weight is 343 g/mol. The van der Waals surface area contributed by atoms with Crippen molar-refractivity contribution in [2.75, 3.05) is 33.9 Å². The Morgan fingerprint density at radius 2 is 1.84 bits per heavy atom. The summed E-state index contributed by atoms with van der Waals surface area (Å²) in [6, 6.07) is 14.3. The molecule has 0 saturated carbocycles. The van der Waals surface area contributed by atoms with Gasteiger partial charge in [0.1, 0.15) is 5.75 Å². The zero-order valence-corrected chi connectivity index (χ0v) is 14.7. The molecular formula is C19H25N3O3. The van der Waals surface area contributed by atoms with Crippen molar-refractivity contribution in [3.05, 3.63) is 42.5 Å². The Balaban J connectivity index is 1.65. The summed E-state index contributed by atoms with van der Waals surface area (Å²) in [4.78, 5) is 15.2. The third-order valence-electron chi connectivity index (χ3n) is 3.68. The molecule has 0 aliphatic heterocycles. The van der Waals surface area contributed by atoms with Crippen LogP contribution in [0.4, 0.5) is 0 Å². The second kappa shape index (κ2) is 10.2. The van der Waals surface area contributed by atoms with E-state index in [9.17, 15) is 4.79 Å². The minimum atomic E-state index is -0.244. The van der Waals surface area contributed by atoms with Gasteiger partial charge in [-0.25, -0.2) is 0 Å². The average Bonchev–Trinajstić information content (AvgIpc) is 2.65. The minimum Gasteiger partial charge on any atom is -0.494 e. The molecule has 0 atom stereocenters. The van der Waals surface area contributed by atoms with Crippen molar-refractivity contribution in [1.29, 1.82) is 0 Å². The van der Waals surface area contributed by atoms with E-state index in [1.54, 1.807) is 7.05 Å². The highest BCUT2D eigenvalue weighted by Crippen LogP contribution is 2.20. The summed E-state index contributed by atoms with van der Waals surface area (Å²) in [6.07, 6.45) is 1.15. The number of methoxy groups -OCH3 is 1. The molecule has 2 aromatic carbocycles. The van der Waals surface area contributed by atoms with Gasteiger partial charge in [0.25, 0.3) is 0 Å². The molecule has 0 spiro atoms. The number of ether oxygens (including phenoxy) is 2. The number of guanidine groups is 1. The molecule has 25 heavy (non-hydrogen) atoms. The highest BCUT2D eigenvalue weighted by molar-refractivity contribution is 5.83. The van der Waals surface area contributed by atoms with Crippen LogP contribution in [0.3, 0.4) is 0 Å². The Hall–Kier alpha value is -2.76. The highest BCUT2D eigenvalue weighted by atomic mass is 16.5. The van der Waals surface area contributed by atoms with Gasteiger partial charge in [0.05, 0.1) is 20.1 Å². The predicted octanol–water partition coefficient (Wildman–Crippen LogP) is 2.34. The standard InChI is InChI=1S/C19H25N3O3/c1-20-19(22-12-10-18(23)24-2)21-11-5-13-25-17-9-8-15-6-3-4-7-16(15)14-17/h3-4,6-9,14H,5,10-13H2,1-2H3,(H2,20,21,22). The molecule has 6 heteroatoms. The van der Waals surface area contributed by atoms with Gasteiger partial charge in [-0.05, 0) is 29.3 Å². The molecule has 134 valence electrons. The lowest BCUT2D eigenvalue weighted by Gasteiger charge is -2.12. The maximum Gasteiger partial charge on any atom is 0.307 e. The number of aliphatic imine (C=N–C) groups is 1. The van der Waals surface area contributed by atoms with Crippen molar-refractivity contribution in [3.8, 4) is 5.75 Å². The zero-order chi connectivity index (χ0) is 17.9. The molecule has 6 nitrogen and oxygen atoms in total. The van der Waals surface area contributed by atoms with Crippen molar-refractivity contribution in [1.82, 2.24) is 10.6 Å². The van der Waals surface area contributed by atoms with Gasteiger partial charge in [0.2, 0.25) is 0 Å². The maximum atomic E-state index is 11.1. The summed E-state index contributed by atoms with van der Waals surface area (Å²) in [5.41, 5.74) is 0. The van der Waals surface area contributed by atoms with E-state index in [1.807, 2.05) is 18.2 Å². The van der Waals surface area contributed by atoms with Crippen LogP contribution in [0.25, 0.3) is 10.8 Å². The number of nitrogens with zero attached hydrogens (tertiary/aromatic N) is 1. The SMILES string of the molecule is CN=C(NCCCOc1ccc2ccccc2c1)NCCC(=O)OC. The topological polar surface area (TPSA) is 72.0 Å². The fourth-order valence-corrected chi connectivity index (χ4v) is 2.33. The smallest absolute Gasteiger partial charge is 0.307 e. The van der Waals surface area contributed by atoms with E-state index in [0.29, 0.717) is 25.5 Å². The number of rotatable bonds is 8. The number of benzene rings is 2. The van der Waals surface area contributed by atoms with Crippen molar-refractivity contribution >= 4 is 22.7 Å². The van der Waals surface area contributed by atoms with Crippen molar-refractivity contribution in [2.45, 2.75) is 12.8 Å². The fraction of sp³-hybridized carbons (Fsp3) is 0.368. The zero-order valence-electron chi connectivity index (χ0n) is 14.7. The van der Waals surface area contributed by atoms with Crippen LogP contribution in [0.2, 0.25) is 0 Å². The van der Waals surface area contributed by atoms with Crippen LogP contribution in [0.5, 0.6) is 5.75 Å². The number of hydrogen-bond donors (Lipinski definition) is 2. The van der Waals surface area contributed by atoms with Crippen molar-refractivity contribution < 1.29 is 14.3 Å². The normalized spacial score (nSPS) is 11.2. The first-order chi connectivity index (χ1) is 12.2. The molecule has 0 saturated heterocycles. The fourth-order valence-electron chi connectivity index (χ4n) is 2.33. The van der Waals surface area contributed by atoms with Crippen LogP contribution in [-0.2, 0) is 9.53 Å². The van der Waals surface area contributed by atoms with Gasteiger partial charge < -0.3 is 20.1 Å². The molecule has 0 aliphatic carbocycles. The largest absolute Gasteiger partial charge is 0.494 e. The molecule has 0 radical (unpaired) electrons. The van der Waals surface area contributed by atoms with Gasteiger partial charge in [-0.2, -0.15) is 0 Å². The molecule has 0 unspecified atom stereocenters. The van der Waals surface area contributed by atoms with Crippen LogP contribution < -0.4 is 15.4 Å². The van der Waals surface area contributed by atoms with E-state index in [0.717, 1.165) is 18.7 Å². The lowest BCUT2D eigenvalue weighted by atomic mass is 10.1. The molecule has 2 aromatic rings. The molecule has 2 rings (SSSR count). The monoisotopic (exact) mass is 343 g/mol. The van der Waals surface area contributed by atoms with Crippen LogP contribution >= 0.6 is 0 Å². The molecule has 2 N–H and O–H groups in total. The number of carbonyl (C=O) groups is 1. The number of fused-ring (bicyclic) bond motifs is 1. The van der Waals surface area contributed by atoms with E-state index in [1.165, 1.54) is 17.9 Å². The van der Waals surface area contributed by atoms with Crippen LogP contribution in [-0.4, -0.2) is 45.8 Å². The first-order valence-electron chi connectivity index (χ1n) is 8.36. The molecule has 0 fully saturated rings. The molecular weight excluding hydrogens is 318 g/mol. The summed E-state index contributed by atoms with van der Waals surface area (Å²) in [7, 11) is 3.07.